The van der Waals surface area contributed by atoms with Gasteiger partial charge in [0.05, 0.1) is 16.9 Å². The Labute approximate surface area is 264 Å². The molecule has 2 heterocycles. The summed E-state index contributed by atoms with van der Waals surface area (Å²) in [5.74, 6) is -1.59. The van der Waals surface area contributed by atoms with E-state index in [1.54, 1.807) is 53.4 Å². The van der Waals surface area contributed by atoms with Crippen molar-refractivity contribution < 1.29 is 28.3 Å². The fourth-order valence-corrected chi connectivity index (χ4v) is 4.56. The van der Waals surface area contributed by atoms with Crippen molar-refractivity contribution in [3.05, 3.63) is 132 Å². The van der Waals surface area contributed by atoms with Crippen molar-refractivity contribution in [2.75, 3.05) is 32.7 Å². The molecule has 0 saturated carbocycles. The van der Waals surface area contributed by atoms with E-state index in [0.29, 0.717) is 39.4 Å². The number of nitrogens with two attached hydrogens (primary N) is 2. The highest BCUT2D eigenvalue weighted by molar-refractivity contribution is 6.10. The van der Waals surface area contributed by atoms with Crippen molar-refractivity contribution >= 4 is 57.8 Å². The van der Waals surface area contributed by atoms with Crippen LogP contribution in [0.4, 0.5) is 34.1 Å². The second-order valence-electron chi connectivity index (χ2n) is 10.5. The highest BCUT2D eigenvalue weighted by Crippen LogP contribution is 2.23. The van der Waals surface area contributed by atoms with Gasteiger partial charge in [-0.2, -0.15) is 0 Å². The Hall–Kier alpha value is -6.56. The van der Waals surface area contributed by atoms with Crippen LogP contribution in [0.15, 0.2) is 110 Å². The Morgan fingerprint density at radius 1 is 0.522 bits per heavy atom. The van der Waals surface area contributed by atoms with Gasteiger partial charge in [0, 0.05) is 40.2 Å². The van der Waals surface area contributed by atoms with Crippen molar-refractivity contribution in [1.29, 1.82) is 0 Å². The normalized spacial score (nSPS) is 10.5. The van der Waals surface area contributed by atoms with Crippen molar-refractivity contribution in [2.24, 2.45) is 14.1 Å². The summed E-state index contributed by atoms with van der Waals surface area (Å²) >= 11 is 0. The van der Waals surface area contributed by atoms with Crippen molar-refractivity contribution in [1.82, 2.24) is 0 Å². The minimum Gasteiger partial charge on any atom is -0.398 e. The van der Waals surface area contributed by atoms with E-state index in [2.05, 4.69) is 21.3 Å². The van der Waals surface area contributed by atoms with Gasteiger partial charge in [-0.15, -0.1) is 0 Å². The van der Waals surface area contributed by atoms with Gasteiger partial charge in [-0.25, -0.2) is 9.13 Å². The number of benzene rings is 3. The summed E-state index contributed by atoms with van der Waals surface area (Å²) in [5.41, 5.74) is 15.8. The maximum Gasteiger partial charge on any atom is 0.257 e. The van der Waals surface area contributed by atoms with E-state index >= 15 is 0 Å². The highest BCUT2D eigenvalue weighted by atomic mass is 16.2. The number of hydrogen-bond donors (Lipinski definition) is 6. The zero-order valence-electron chi connectivity index (χ0n) is 25.1. The van der Waals surface area contributed by atoms with Crippen LogP contribution in [-0.4, -0.2) is 23.6 Å². The molecule has 12 heteroatoms. The first kappa shape index (κ1) is 30.9. The van der Waals surface area contributed by atoms with Crippen molar-refractivity contribution in [2.45, 2.75) is 0 Å². The SMILES string of the molecule is C[n+]1cccc(NC(=O)c2ccc(NC(=O)c3ccc(C(=O)Nc4ccc(C(=O)Nc5ccc[n+](C)c5)c(N)c4)cc3)c(N)c2)c1. The fourth-order valence-electron chi connectivity index (χ4n) is 4.56. The quantitative estimate of drug-likeness (QED) is 0.115. The van der Waals surface area contributed by atoms with Crippen molar-refractivity contribution in [3.63, 3.8) is 0 Å². The molecule has 230 valence electrons. The van der Waals surface area contributed by atoms with E-state index in [1.165, 1.54) is 42.5 Å². The second kappa shape index (κ2) is 13.4. The monoisotopic (exact) mass is 616 g/mol. The molecule has 3 aromatic carbocycles. The van der Waals surface area contributed by atoms with E-state index in [9.17, 15) is 19.2 Å². The summed E-state index contributed by atoms with van der Waals surface area (Å²) in [5, 5.41) is 11.1. The Bertz CT molecular complexity index is 1980. The predicted octanol–water partition coefficient (Wildman–Crippen LogP) is 3.51. The lowest BCUT2D eigenvalue weighted by Gasteiger charge is -2.11. The Kier molecular flexibility index (Phi) is 8.99. The van der Waals surface area contributed by atoms with Gasteiger partial charge in [-0.3, -0.25) is 19.2 Å². The molecule has 5 rings (SSSR count). The molecule has 46 heavy (non-hydrogen) atoms. The molecule has 0 saturated heterocycles. The minimum atomic E-state index is -0.446. The number of anilines is 6. The smallest absolute Gasteiger partial charge is 0.257 e. The molecule has 12 nitrogen and oxygen atoms in total. The van der Waals surface area contributed by atoms with E-state index in [4.69, 9.17) is 11.5 Å². The number of carbonyl (C=O) groups excluding carboxylic acids is 4. The van der Waals surface area contributed by atoms with Gasteiger partial charge in [-0.05, 0) is 72.8 Å². The summed E-state index contributed by atoms with van der Waals surface area (Å²) in [4.78, 5) is 51.1. The average Bonchev–Trinajstić information content (AvgIpc) is 3.02. The topological polar surface area (TPSA) is 176 Å². The molecule has 0 fully saturated rings. The van der Waals surface area contributed by atoms with Gasteiger partial charge in [-0.1, -0.05) is 0 Å². The summed E-state index contributed by atoms with van der Waals surface area (Å²) < 4.78 is 3.62. The third kappa shape index (κ3) is 7.50. The molecular formula is C34H32N8O4+2. The third-order valence-electron chi connectivity index (χ3n) is 6.92. The van der Waals surface area contributed by atoms with Gasteiger partial charge >= 0.3 is 0 Å². The number of carbonyl (C=O) groups is 4. The van der Waals surface area contributed by atoms with Crippen LogP contribution in [0.1, 0.15) is 41.4 Å². The third-order valence-corrected chi connectivity index (χ3v) is 6.92. The predicted molar refractivity (Wildman–Crippen MR) is 175 cm³/mol. The molecule has 2 aromatic heterocycles. The van der Waals surface area contributed by atoms with E-state index in [0.717, 1.165) is 0 Å². The number of nitrogen functional groups attached to an aromatic ring is 2. The van der Waals surface area contributed by atoms with E-state index in [1.807, 2.05) is 37.1 Å². The molecule has 0 radical (unpaired) electrons. The van der Waals surface area contributed by atoms with Gasteiger partial charge in [0.25, 0.3) is 23.6 Å². The summed E-state index contributed by atoms with van der Waals surface area (Å²) in [6, 6.07) is 22.4. The molecule has 4 amide bonds. The molecule has 0 spiro atoms. The van der Waals surface area contributed by atoms with E-state index < -0.39 is 11.8 Å². The number of rotatable bonds is 8. The lowest BCUT2D eigenvalue weighted by Crippen LogP contribution is -2.27. The lowest BCUT2D eigenvalue weighted by atomic mass is 10.1. The zero-order chi connectivity index (χ0) is 32.8. The molecule has 8 N–H and O–H groups in total. The number of amides is 4. The van der Waals surface area contributed by atoms with Crippen molar-refractivity contribution in [3.8, 4) is 0 Å². The summed E-state index contributed by atoms with van der Waals surface area (Å²) in [6.45, 7) is 0. The van der Waals surface area contributed by atoms with Crippen LogP contribution in [0.3, 0.4) is 0 Å². The van der Waals surface area contributed by atoms with Crippen LogP contribution in [-0.2, 0) is 14.1 Å². The Morgan fingerprint density at radius 3 is 1.57 bits per heavy atom. The number of aromatic nitrogens is 2. The average molecular weight is 617 g/mol. The minimum absolute atomic E-state index is 0.195. The lowest BCUT2D eigenvalue weighted by molar-refractivity contribution is -0.670. The second-order valence-corrected chi connectivity index (χ2v) is 10.5. The highest BCUT2D eigenvalue weighted by Gasteiger charge is 2.16. The zero-order valence-corrected chi connectivity index (χ0v) is 25.1. The number of nitrogens with one attached hydrogen (secondary N) is 4. The standard InChI is InChI=1S/C34H30N8O4/c1-41-15-3-5-25(19-41)38-33(45)23-11-14-30(29(36)17-23)40-32(44)22-9-7-21(8-10-22)31(43)37-24-12-13-27(28(35)18-24)34(46)39-26-6-4-16-42(2)20-26/h3-20H,1-2H3,(H6-2,35,36,37,38,39,40,43,44,45,46)/p+2. The van der Waals surface area contributed by atoms with Crippen LogP contribution >= 0.6 is 0 Å². The molecule has 0 bridgehead atoms. The van der Waals surface area contributed by atoms with Crippen LogP contribution in [0, 0.1) is 0 Å². The maximum absolute atomic E-state index is 12.9. The molecule has 0 aliphatic rings. The molecule has 0 aliphatic carbocycles. The molecule has 0 atom stereocenters. The van der Waals surface area contributed by atoms with Crippen LogP contribution in [0.25, 0.3) is 0 Å². The molecule has 0 aliphatic heterocycles. The summed E-state index contributed by atoms with van der Waals surface area (Å²) in [6.07, 6.45) is 7.23. The first-order valence-electron chi connectivity index (χ1n) is 14.1. The number of aryl methyl sites for hydroxylation is 2. The first-order valence-corrected chi connectivity index (χ1v) is 14.1. The number of nitrogens with zero attached hydrogens (tertiary/aromatic N) is 2. The molecular weight excluding hydrogens is 584 g/mol. The van der Waals surface area contributed by atoms with E-state index in [-0.39, 0.29) is 28.8 Å². The Morgan fingerprint density at radius 2 is 1.02 bits per heavy atom. The van der Waals surface area contributed by atoms with Gasteiger partial charge < -0.3 is 32.7 Å². The fraction of sp³-hybridized carbons (Fsp3) is 0.0588. The molecule has 0 unspecified atom stereocenters. The van der Waals surface area contributed by atoms with Gasteiger partial charge in [0.1, 0.15) is 25.5 Å². The molecule has 5 aromatic rings. The van der Waals surface area contributed by atoms with Crippen LogP contribution in [0.2, 0.25) is 0 Å². The maximum atomic E-state index is 12.9. The number of pyridine rings is 2. The van der Waals surface area contributed by atoms with Crippen LogP contribution < -0.4 is 41.9 Å². The first-order chi connectivity index (χ1) is 22.0. The van der Waals surface area contributed by atoms with Gasteiger partial charge in [0.15, 0.2) is 24.8 Å². The Balaban J connectivity index is 1.18. The van der Waals surface area contributed by atoms with Crippen LogP contribution in [0.5, 0.6) is 0 Å². The van der Waals surface area contributed by atoms with Gasteiger partial charge in [0.2, 0.25) is 0 Å². The number of hydrogen-bond acceptors (Lipinski definition) is 6. The largest absolute Gasteiger partial charge is 0.398 e. The summed E-state index contributed by atoms with van der Waals surface area (Å²) in [7, 11) is 3.69.